The van der Waals surface area contributed by atoms with Gasteiger partial charge in [-0.15, -0.1) is 0 Å². The van der Waals surface area contributed by atoms with Gasteiger partial charge in [0.15, 0.2) is 0 Å². The number of esters is 1. The van der Waals surface area contributed by atoms with Gasteiger partial charge in [0.1, 0.15) is 24.8 Å². The van der Waals surface area contributed by atoms with E-state index in [9.17, 15) is 14.4 Å². The van der Waals surface area contributed by atoms with E-state index in [1.165, 1.54) is 50.5 Å². The van der Waals surface area contributed by atoms with Crippen molar-refractivity contribution < 1.29 is 23.9 Å². The van der Waals surface area contributed by atoms with Crippen LogP contribution in [0.15, 0.2) is 11.6 Å². The Hall–Kier alpha value is -1.49. The second kappa shape index (κ2) is 7.75. The Morgan fingerprint density at radius 1 is 0.971 bits per heavy atom. The molecule has 6 aliphatic rings. The predicted molar refractivity (Wildman–Crippen MR) is 127 cm³/mol. The molecule has 0 aromatic heterocycles. The number of epoxide rings is 1. The molecule has 4 aliphatic carbocycles. The van der Waals surface area contributed by atoms with Gasteiger partial charge in [0.2, 0.25) is 0 Å². The summed E-state index contributed by atoms with van der Waals surface area (Å²) < 4.78 is 11.7. The van der Waals surface area contributed by atoms with Crippen LogP contribution in [0, 0.1) is 40.4 Å². The summed E-state index contributed by atoms with van der Waals surface area (Å²) in [7, 11) is 0. The van der Waals surface area contributed by atoms with Gasteiger partial charge < -0.3 is 19.1 Å². The van der Waals surface area contributed by atoms with E-state index >= 15 is 0 Å². The first-order valence-corrected chi connectivity index (χ1v) is 13.8. The van der Waals surface area contributed by atoms with Crippen LogP contribution in [0.1, 0.15) is 90.9 Å². The molecular weight excluding hydrogens is 428 g/mol. The predicted octanol–water partition coefficient (Wildman–Crippen LogP) is 5.20. The minimum atomic E-state index is -0.383. The van der Waals surface area contributed by atoms with Gasteiger partial charge in [-0.3, -0.25) is 0 Å². The molecule has 2 heterocycles. The van der Waals surface area contributed by atoms with Crippen molar-refractivity contribution in [3.05, 3.63) is 11.6 Å². The van der Waals surface area contributed by atoms with Crippen LogP contribution in [0.3, 0.4) is 0 Å². The van der Waals surface area contributed by atoms with Crippen LogP contribution in [0.5, 0.6) is 0 Å². The lowest BCUT2D eigenvalue weighted by atomic mass is 9.43. The van der Waals surface area contributed by atoms with Crippen molar-refractivity contribution in [3.63, 3.8) is 0 Å². The van der Waals surface area contributed by atoms with E-state index in [4.69, 9.17) is 9.47 Å². The summed E-state index contributed by atoms with van der Waals surface area (Å²) in [5, 5.41) is 0. The fourth-order valence-electron chi connectivity index (χ4n) is 10.3. The van der Waals surface area contributed by atoms with E-state index in [1.54, 1.807) is 6.08 Å². The van der Waals surface area contributed by atoms with Gasteiger partial charge in [0.25, 0.3) is 0 Å². The van der Waals surface area contributed by atoms with E-state index in [2.05, 4.69) is 13.8 Å². The van der Waals surface area contributed by atoms with Gasteiger partial charge in [-0.05, 0) is 110 Å². The Labute approximate surface area is 203 Å². The van der Waals surface area contributed by atoms with Crippen LogP contribution in [-0.2, 0) is 23.9 Å². The number of ether oxygens (including phenoxy) is 2. The van der Waals surface area contributed by atoms with Crippen LogP contribution in [-0.4, -0.2) is 36.4 Å². The second-order valence-electron chi connectivity index (χ2n) is 13.0. The molecule has 0 bridgehead atoms. The number of fused-ring (bicyclic) bond motifs is 5. The summed E-state index contributed by atoms with van der Waals surface area (Å²) in [6.07, 6.45) is 16.2. The topological polar surface area (TPSA) is 73.0 Å². The SMILES string of the molecule is C[C@]12CC[C@@]3(C[C@H]1CC[C@@H]1[C@@H]2CC[C@]2(C)[C@@H](C4=CC(=O)OC4)CC[C@@H]12)OC3(CC=O)CCC=O. The molecule has 0 radical (unpaired) electrons. The van der Waals surface area contributed by atoms with Crippen LogP contribution >= 0.6 is 0 Å². The molecule has 5 fully saturated rings. The third-order valence-corrected chi connectivity index (χ3v) is 12.1. The lowest BCUT2D eigenvalue weighted by Gasteiger charge is -2.61. The zero-order valence-electron chi connectivity index (χ0n) is 20.9. The van der Waals surface area contributed by atoms with Crippen molar-refractivity contribution >= 4 is 18.5 Å². The highest BCUT2D eigenvalue weighted by molar-refractivity contribution is 5.85. The third-order valence-electron chi connectivity index (χ3n) is 12.1. The summed E-state index contributed by atoms with van der Waals surface area (Å²) in [4.78, 5) is 34.3. The molecule has 2 aliphatic heterocycles. The van der Waals surface area contributed by atoms with Gasteiger partial charge >= 0.3 is 5.97 Å². The minimum absolute atomic E-state index is 0.152. The standard InChI is InChI=1S/C29H40O5/c1-26-11-12-29(28(34-29,13-15-31)9-3-14-30)17-20(26)4-5-21-23-7-6-22(19-16-25(32)33-18-19)27(23,2)10-8-24(21)26/h14-16,20-24H,3-13,17-18H2,1-2H3/t20-,21+,22-,23+,24+,26+,27-,28?,29+/m1/s1. The summed E-state index contributed by atoms with van der Waals surface area (Å²) >= 11 is 0. The van der Waals surface area contributed by atoms with Crippen molar-refractivity contribution in [1.29, 1.82) is 0 Å². The normalized spacial score (nSPS) is 51.2. The molecule has 34 heavy (non-hydrogen) atoms. The lowest BCUT2D eigenvalue weighted by molar-refractivity contribution is -0.135. The van der Waals surface area contributed by atoms with Crippen LogP contribution in [0.25, 0.3) is 0 Å². The molecule has 9 atom stereocenters. The summed E-state index contributed by atoms with van der Waals surface area (Å²) in [6.45, 7) is 5.59. The highest BCUT2D eigenvalue weighted by Gasteiger charge is 2.72. The zero-order valence-corrected chi connectivity index (χ0v) is 20.9. The monoisotopic (exact) mass is 468 g/mol. The molecule has 5 nitrogen and oxygen atoms in total. The molecule has 1 unspecified atom stereocenters. The van der Waals surface area contributed by atoms with Crippen molar-refractivity contribution in [1.82, 2.24) is 0 Å². The molecule has 6 rings (SSSR count). The maximum atomic E-state index is 11.8. The smallest absolute Gasteiger partial charge is 0.331 e. The fraction of sp³-hybridized carbons (Fsp3) is 0.828. The summed E-state index contributed by atoms with van der Waals surface area (Å²) in [5.41, 5.74) is 1.35. The maximum absolute atomic E-state index is 11.8. The van der Waals surface area contributed by atoms with Crippen LogP contribution < -0.4 is 0 Å². The van der Waals surface area contributed by atoms with Crippen molar-refractivity contribution in [3.8, 4) is 0 Å². The van der Waals surface area contributed by atoms with Crippen LogP contribution in [0.2, 0.25) is 0 Å². The van der Waals surface area contributed by atoms with E-state index in [0.29, 0.717) is 48.5 Å². The molecule has 5 heteroatoms. The quantitative estimate of drug-likeness (QED) is 0.304. The molecule has 1 spiro atoms. The number of hydrogen-bond acceptors (Lipinski definition) is 5. The van der Waals surface area contributed by atoms with E-state index in [1.807, 2.05) is 0 Å². The van der Waals surface area contributed by atoms with Gasteiger partial charge in [-0.1, -0.05) is 13.8 Å². The van der Waals surface area contributed by atoms with E-state index in [-0.39, 0.29) is 17.2 Å². The Kier molecular flexibility index (Phi) is 5.23. The average Bonchev–Trinajstić information content (AvgIpc) is 3.07. The van der Waals surface area contributed by atoms with Crippen molar-refractivity contribution in [2.75, 3.05) is 6.61 Å². The number of cyclic esters (lactones) is 1. The molecule has 0 amide bonds. The zero-order chi connectivity index (χ0) is 23.8. The molecular formula is C29H40O5. The number of aldehydes is 2. The maximum Gasteiger partial charge on any atom is 0.331 e. The highest BCUT2D eigenvalue weighted by atomic mass is 16.6. The second-order valence-corrected chi connectivity index (χ2v) is 13.0. The minimum Gasteiger partial charge on any atom is -0.458 e. The molecule has 4 saturated carbocycles. The van der Waals surface area contributed by atoms with Gasteiger partial charge in [0.05, 0.1) is 5.60 Å². The number of hydrogen-bond donors (Lipinski definition) is 0. The van der Waals surface area contributed by atoms with Crippen molar-refractivity contribution in [2.24, 2.45) is 40.4 Å². The lowest BCUT2D eigenvalue weighted by Crippen LogP contribution is -2.55. The molecule has 0 aromatic carbocycles. The highest BCUT2D eigenvalue weighted by Crippen LogP contribution is 2.72. The van der Waals surface area contributed by atoms with E-state index < -0.39 is 0 Å². The number of carbonyl (C=O) groups excluding carboxylic acids is 3. The first kappa shape index (κ1) is 22.9. The number of carbonyl (C=O) groups is 3. The molecule has 186 valence electrons. The van der Waals surface area contributed by atoms with Crippen LogP contribution in [0.4, 0.5) is 0 Å². The fourth-order valence-corrected chi connectivity index (χ4v) is 10.3. The third kappa shape index (κ3) is 3.04. The Morgan fingerprint density at radius 3 is 2.53 bits per heavy atom. The average molecular weight is 469 g/mol. The van der Waals surface area contributed by atoms with Gasteiger partial charge in [0, 0.05) is 18.9 Å². The summed E-state index contributed by atoms with van der Waals surface area (Å²) in [5.74, 6) is 3.31. The molecule has 0 N–H and O–H groups in total. The van der Waals surface area contributed by atoms with Gasteiger partial charge in [-0.2, -0.15) is 0 Å². The Morgan fingerprint density at radius 2 is 1.79 bits per heavy atom. The number of rotatable bonds is 6. The largest absolute Gasteiger partial charge is 0.458 e. The Balaban J connectivity index is 1.20. The Bertz CT molecular complexity index is 925. The molecule has 0 aromatic rings. The first-order valence-electron chi connectivity index (χ1n) is 13.8. The molecule has 1 saturated heterocycles. The van der Waals surface area contributed by atoms with E-state index in [0.717, 1.165) is 43.2 Å². The summed E-state index contributed by atoms with van der Waals surface area (Å²) in [6, 6.07) is 0. The van der Waals surface area contributed by atoms with Gasteiger partial charge in [-0.25, -0.2) is 4.79 Å². The first-order chi connectivity index (χ1) is 16.3. The van der Waals surface area contributed by atoms with Crippen molar-refractivity contribution in [2.45, 2.75) is 102 Å².